The summed E-state index contributed by atoms with van der Waals surface area (Å²) in [6.07, 6.45) is 0. The van der Waals surface area contributed by atoms with E-state index in [9.17, 15) is 9.59 Å². The number of hydrogen-bond donors (Lipinski definition) is 1. The highest BCUT2D eigenvalue weighted by Gasteiger charge is 2.41. The van der Waals surface area contributed by atoms with Crippen molar-refractivity contribution in [3.8, 4) is 17.2 Å². The minimum atomic E-state index is -0.409. The lowest BCUT2D eigenvalue weighted by molar-refractivity contribution is -0.125. The van der Waals surface area contributed by atoms with E-state index in [1.807, 2.05) is 73.7 Å². The predicted octanol–water partition coefficient (Wildman–Crippen LogP) is 3.90. The number of carbonyl (C=O) groups excluding carboxylic acids is 2. The minimum absolute atomic E-state index is 0.0610. The molecule has 2 amide bonds. The molecule has 1 fully saturated rings. The van der Waals surface area contributed by atoms with Gasteiger partial charge >= 0.3 is 0 Å². The second-order valence-corrected chi connectivity index (χ2v) is 8.89. The van der Waals surface area contributed by atoms with Gasteiger partial charge in [-0.1, -0.05) is 42.5 Å². The lowest BCUT2D eigenvalue weighted by Crippen LogP contribution is -2.35. The van der Waals surface area contributed by atoms with Crippen LogP contribution in [-0.2, 0) is 11.3 Å². The fourth-order valence-corrected chi connectivity index (χ4v) is 4.88. The molecular weight excluding hydrogens is 444 g/mol. The maximum atomic E-state index is 13.5. The van der Waals surface area contributed by atoms with E-state index in [4.69, 9.17) is 14.2 Å². The number of nitrogens with one attached hydrogen (secondary N) is 1. The van der Waals surface area contributed by atoms with E-state index in [1.165, 1.54) is 0 Å². The summed E-state index contributed by atoms with van der Waals surface area (Å²) >= 11 is 0. The first-order valence-electron chi connectivity index (χ1n) is 11.7. The molecule has 1 saturated heterocycles. The summed E-state index contributed by atoms with van der Waals surface area (Å²) in [4.78, 5) is 28.6. The van der Waals surface area contributed by atoms with Gasteiger partial charge in [0.05, 0.1) is 13.0 Å². The summed E-state index contributed by atoms with van der Waals surface area (Å²) < 4.78 is 16.4. The van der Waals surface area contributed by atoms with Crippen molar-refractivity contribution in [2.24, 2.45) is 5.92 Å². The second-order valence-electron chi connectivity index (χ2n) is 8.89. The standard InChI is InChI=1S/C28H28N2O5/c1-18-7-3-4-8-20(18)28(32)30-15-22(21-9-5-6-10-24(21)33-2)23(16-30)27(31)29-14-19-11-12-25-26(13-19)35-17-34-25/h3-13,22-23H,14-17H2,1-2H3,(H,29,31)/t22-,23+/m1/s1. The van der Waals surface area contributed by atoms with Crippen LogP contribution in [0.1, 0.15) is 33.0 Å². The largest absolute Gasteiger partial charge is 0.496 e. The lowest BCUT2D eigenvalue weighted by Gasteiger charge is -2.20. The van der Waals surface area contributed by atoms with Crippen LogP contribution in [0.4, 0.5) is 0 Å². The molecule has 0 bridgehead atoms. The topological polar surface area (TPSA) is 77.1 Å². The van der Waals surface area contributed by atoms with Crippen molar-refractivity contribution in [2.75, 3.05) is 27.0 Å². The van der Waals surface area contributed by atoms with Gasteiger partial charge in [0.1, 0.15) is 5.75 Å². The molecule has 0 spiro atoms. The van der Waals surface area contributed by atoms with Crippen LogP contribution in [0.3, 0.4) is 0 Å². The Hall–Kier alpha value is -4.00. The van der Waals surface area contributed by atoms with Crippen LogP contribution < -0.4 is 19.5 Å². The molecule has 2 heterocycles. The number of carbonyl (C=O) groups is 2. The van der Waals surface area contributed by atoms with E-state index in [1.54, 1.807) is 12.0 Å². The van der Waals surface area contributed by atoms with Crippen LogP contribution in [0.2, 0.25) is 0 Å². The number of hydrogen-bond acceptors (Lipinski definition) is 5. The first-order valence-corrected chi connectivity index (χ1v) is 11.7. The Labute approximate surface area is 204 Å². The van der Waals surface area contributed by atoms with Gasteiger partial charge in [0.15, 0.2) is 11.5 Å². The maximum absolute atomic E-state index is 13.5. The summed E-state index contributed by atoms with van der Waals surface area (Å²) in [5.41, 5.74) is 3.43. The zero-order valence-corrected chi connectivity index (χ0v) is 19.8. The number of benzene rings is 3. The quantitative estimate of drug-likeness (QED) is 0.589. The lowest BCUT2D eigenvalue weighted by atomic mass is 9.87. The van der Waals surface area contributed by atoms with E-state index in [0.717, 1.165) is 22.4 Å². The van der Waals surface area contributed by atoms with Gasteiger partial charge in [0.25, 0.3) is 5.91 Å². The normalized spacial score (nSPS) is 18.4. The summed E-state index contributed by atoms with van der Waals surface area (Å²) in [6.45, 7) is 3.27. The first-order chi connectivity index (χ1) is 17.0. The highest BCUT2D eigenvalue weighted by Crippen LogP contribution is 2.38. The van der Waals surface area contributed by atoms with Gasteiger partial charge in [-0.05, 0) is 47.9 Å². The summed E-state index contributed by atoms with van der Waals surface area (Å²) in [6, 6.07) is 20.9. The third-order valence-corrected chi connectivity index (χ3v) is 6.76. The molecule has 2 aliphatic heterocycles. The number of methoxy groups -OCH3 is 1. The number of para-hydroxylation sites is 1. The van der Waals surface area contributed by atoms with E-state index in [0.29, 0.717) is 36.7 Å². The molecule has 0 saturated carbocycles. The van der Waals surface area contributed by atoms with Crippen LogP contribution in [0.5, 0.6) is 17.2 Å². The van der Waals surface area contributed by atoms with Gasteiger partial charge in [-0.15, -0.1) is 0 Å². The number of aryl methyl sites for hydroxylation is 1. The van der Waals surface area contributed by atoms with Crippen molar-refractivity contribution in [1.82, 2.24) is 10.2 Å². The monoisotopic (exact) mass is 472 g/mol. The molecule has 5 rings (SSSR count). The van der Waals surface area contributed by atoms with Gasteiger partial charge in [-0.25, -0.2) is 0 Å². The van der Waals surface area contributed by atoms with Crippen molar-refractivity contribution >= 4 is 11.8 Å². The smallest absolute Gasteiger partial charge is 0.254 e. The molecule has 0 radical (unpaired) electrons. The minimum Gasteiger partial charge on any atom is -0.496 e. The average Bonchev–Trinajstić information content (AvgIpc) is 3.54. The fourth-order valence-electron chi connectivity index (χ4n) is 4.88. The zero-order chi connectivity index (χ0) is 24.4. The molecule has 180 valence electrons. The summed E-state index contributed by atoms with van der Waals surface area (Å²) in [5, 5.41) is 3.07. The number of amides is 2. The Bertz CT molecular complexity index is 1260. The maximum Gasteiger partial charge on any atom is 0.254 e. The number of ether oxygens (including phenoxy) is 3. The number of fused-ring (bicyclic) bond motifs is 1. The Morgan fingerprint density at radius 2 is 1.77 bits per heavy atom. The van der Waals surface area contributed by atoms with Gasteiger partial charge < -0.3 is 24.4 Å². The molecule has 2 atom stereocenters. The van der Waals surface area contributed by atoms with Crippen molar-refractivity contribution < 1.29 is 23.8 Å². The molecule has 1 N–H and O–H groups in total. The van der Waals surface area contributed by atoms with Crippen LogP contribution >= 0.6 is 0 Å². The molecule has 7 nitrogen and oxygen atoms in total. The number of nitrogens with zero attached hydrogens (tertiary/aromatic N) is 1. The molecule has 0 aliphatic carbocycles. The van der Waals surface area contributed by atoms with Gasteiger partial charge in [-0.3, -0.25) is 9.59 Å². The van der Waals surface area contributed by atoms with E-state index >= 15 is 0 Å². The van der Waals surface area contributed by atoms with Crippen LogP contribution in [-0.4, -0.2) is 43.7 Å². The van der Waals surface area contributed by atoms with E-state index in [2.05, 4.69) is 5.32 Å². The Morgan fingerprint density at radius 1 is 1.00 bits per heavy atom. The van der Waals surface area contributed by atoms with Crippen molar-refractivity contribution in [1.29, 1.82) is 0 Å². The number of rotatable bonds is 6. The molecule has 0 unspecified atom stereocenters. The summed E-state index contributed by atoms with van der Waals surface area (Å²) in [7, 11) is 1.62. The molecule has 3 aromatic rings. The highest BCUT2D eigenvalue weighted by molar-refractivity contribution is 5.96. The Balaban J connectivity index is 1.38. The fraction of sp³-hybridized carbons (Fsp3) is 0.286. The van der Waals surface area contributed by atoms with Crippen molar-refractivity contribution in [2.45, 2.75) is 19.4 Å². The van der Waals surface area contributed by atoms with Gasteiger partial charge in [-0.2, -0.15) is 0 Å². The number of likely N-dealkylation sites (tertiary alicyclic amines) is 1. The van der Waals surface area contributed by atoms with Crippen LogP contribution in [0.25, 0.3) is 0 Å². The third-order valence-electron chi connectivity index (χ3n) is 6.76. The van der Waals surface area contributed by atoms with Crippen molar-refractivity contribution in [3.63, 3.8) is 0 Å². The Kier molecular flexibility index (Phi) is 6.31. The molecule has 7 heteroatoms. The van der Waals surface area contributed by atoms with Gasteiger partial charge in [0, 0.05) is 31.1 Å². The SMILES string of the molecule is COc1ccccc1[C@H]1CN(C(=O)c2ccccc2C)C[C@@H]1C(=O)NCc1ccc2c(c1)OCO2. The third kappa shape index (κ3) is 4.54. The molecule has 3 aromatic carbocycles. The van der Waals surface area contributed by atoms with E-state index in [-0.39, 0.29) is 24.5 Å². The molecule has 2 aliphatic rings. The zero-order valence-electron chi connectivity index (χ0n) is 19.8. The van der Waals surface area contributed by atoms with Gasteiger partial charge in [0.2, 0.25) is 12.7 Å². The first kappa shape index (κ1) is 22.8. The highest BCUT2D eigenvalue weighted by atomic mass is 16.7. The van der Waals surface area contributed by atoms with E-state index < -0.39 is 5.92 Å². The molecule has 35 heavy (non-hydrogen) atoms. The summed E-state index contributed by atoms with van der Waals surface area (Å²) in [5.74, 6) is 1.35. The van der Waals surface area contributed by atoms with Crippen LogP contribution in [0, 0.1) is 12.8 Å². The van der Waals surface area contributed by atoms with Crippen molar-refractivity contribution in [3.05, 3.63) is 89.0 Å². The second kappa shape index (κ2) is 9.70. The Morgan fingerprint density at radius 3 is 2.60 bits per heavy atom. The van der Waals surface area contributed by atoms with Crippen LogP contribution in [0.15, 0.2) is 66.7 Å². The molecular formula is C28H28N2O5. The predicted molar refractivity (Wildman–Crippen MR) is 131 cm³/mol. The molecule has 0 aromatic heterocycles. The average molecular weight is 473 g/mol.